The third-order valence-electron chi connectivity index (χ3n) is 0.983. The smallest absolute Gasteiger partial charge is 0.247 e. The molecule has 0 radical (unpaired) electrons. The van der Waals surface area contributed by atoms with Crippen molar-refractivity contribution in [1.82, 2.24) is 0 Å². The molecule has 0 aliphatic rings. The quantitative estimate of drug-likeness (QED) is 0.583. The lowest BCUT2D eigenvalue weighted by Crippen LogP contribution is -2.29. The molecule has 0 aliphatic carbocycles. The van der Waals surface area contributed by atoms with Crippen LogP contribution < -0.4 is 0 Å². The van der Waals surface area contributed by atoms with Crippen LogP contribution in [-0.2, 0) is 0 Å². The van der Waals surface area contributed by atoms with Crippen molar-refractivity contribution in [3.63, 3.8) is 0 Å². The molecule has 0 aromatic heterocycles. The first-order valence-corrected chi connectivity index (χ1v) is 2.50. The molecule has 6 heteroatoms. The molecule has 0 heterocycles. The Kier molecular flexibility index (Phi) is 3.41. The largest absolute Gasteiger partial charge is 0.305 e. The van der Waals surface area contributed by atoms with Gasteiger partial charge in [0.05, 0.1) is 0 Å². The number of halogens is 6. The van der Waals surface area contributed by atoms with Crippen LogP contribution in [0.15, 0.2) is 11.9 Å². The molecule has 0 unspecified atom stereocenters. The maximum atomic E-state index is 12.2. The van der Waals surface area contributed by atoms with Gasteiger partial charge in [0.2, 0.25) is 11.5 Å². The van der Waals surface area contributed by atoms with E-state index >= 15 is 0 Å². The zero-order valence-corrected chi connectivity index (χ0v) is 5.18. The minimum absolute atomic E-state index is 2.15. The SMILES string of the molecule is FCC(F)(CF)C(F)=C(F)F. The zero-order valence-electron chi connectivity index (χ0n) is 5.18. The van der Waals surface area contributed by atoms with E-state index in [2.05, 4.69) is 0 Å². The van der Waals surface area contributed by atoms with Crippen molar-refractivity contribution in [2.75, 3.05) is 13.3 Å². The monoisotopic (exact) mass is 178 g/mol. The van der Waals surface area contributed by atoms with Crippen LogP contribution in [0.1, 0.15) is 0 Å². The van der Waals surface area contributed by atoms with E-state index in [4.69, 9.17) is 0 Å². The summed E-state index contributed by atoms with van der Waals surface area (Å²) in [5.41, 5.74) is -3.81. The Bertz CT molecular complexity index is 154. The lowest BCUT2D eigenvalue weighted by atomic mass is 10.1. The Balaban J connectivity index is 4.64. The van der Waals surface area contributed by atoms with Crippen LogP contribution in [0.3, 0.4) is 0 Å². The number of rotatable bonds is 3. The van der Waals surface area contributed by atoms with E-state index < -0.39 is 30.9 Å². The Labute approximate surface area is 58.5 Å². The molecule has 0 saturated heterocycles. The summed E-state index contributed by atoms with van der Waals surface area (Å²) < 4.78 is 69.4. The first kappa shape index (κ1) is 10.3. The number of hydrogen-bond donors (Lipinski definition) is 0. The third kappa shape index (κ3) is 2.13. The van der Waals surface area contributed by atoms with Crippen LogP contribution in [0.5, 0.6) is 0 Å². The van der Waals surface area contributed by atoms with Crippen LogP contribution >= 0.6 is 0 Å². The second-order valence-corrected chi connectivity index (χ2v) is 1.81. The van der Waals surface area contributed by atoms with Gasteiger partial charge in [0.15, 0.2) is 0 Å². The molecular weight excluding hydrogens is 174 g/mol. The van der Waals surface area contributed by atoms with Gasteiger partial charge in [-0.3, -0.25) is 0 Å². The van der Waals surface area contributed by atoms with E-state index in [1.165, 1.54) is 0 Å². The van der Waals surface area contributed by atoms with Crippen molar-refractivity contribution in [3.05, 3.63) is 11.9 Å². The van der Waals surface area contributed by atoms with Gasteiger partial charge < -0.3 is 0 Å². The predicted octanol–water partition coefficient (Wildman–Crippen LogP) is 2.71. The standard InChI is InChI=1S/C5H4F6/c6-1-5(11,2-7)3(8)4(9)10/h1-2H2. The molecule has 0 N–H and O–H groups in total. The zero-order chi connectivity index (χ0) is 9.07. The topological polar surface area (TPSA) is 0 Å². The molecule has 0 saturated carbocycles. The Hall–Kier alpha value is -0.680. The molecule has 0 amide bonds. The Morgan fingerprint density at radius 1 is 1.00 bits per heavy atom. The molecule has 0 rings (SSSR count). The van der Waals surface area contributed by atoms with Crippen molar-refractivity contribution in [3.8, 4) is 0 Å². The molecular formula is C5H4F6. The van der Waals surface area contributed by atoms with Crippen LogP contribution in [0.2, 0.25) is 0 Å². The highest BCUT2D eigenvalue weighted by atomic mass is 19.3. The molecule has 0 atom stereocenters. The Morgan fingerprint density at radius 3 is 1.45 bits per heavy atom. The van der Waals surface area contributed by atoms with E-state index in [1.54, 1.807) is 0 Å². The van der Waals surface area contributed by atoms with Crippen LogP contribution in [0.4, 0.5) is 26.3 Å². The maximum absolute atomic E-state index is 12.2. The fourth-order valence-corrected chi connectivity index (χ4v) is 0.322. The average Bonchev–Trinajstić information content (AvgIpc) is 2.01. The molecule has 0 aliphatic heterocycles. The second-order valence-electron chi connectivity index (χ2n) is 1.81. The van der Waals surface area contributed by atoms with Crippen LogP contribution in [0, 0.1) is 0 Å². The highest BCUT2D eigenvalue weighted by molar-refractivity contribution is 5.10. The summed E-state index contributed by atoms with van der Waals surface area (Å²) in [5, 5.41) is 0. The fourth-order valence-electron chi connectivity index (χ4n) is 0.322. The van der Waals surface area contributed by atoms with Gasteiger partial charge in [0.1, 0.15) is 13.3 Å². The van der Waals surface area contributed by atoms with E-state index in [9.17, 15) is 26.3 Å². The summed E-state index contributed by atoms with van der Waals surface area (Å²) in [6, 6.07) is 0. The van der Waals surface area contributed by atoms with E-state index in [0.717, 1.165) is 0 Å². The van der Waals surface area contributed by atoms with Crippen LogP contribution in [0.25, 0.3) is 0 Å². The Morgan fingerprint density at radius 2 is 1.36 bits per heavy atom. The summed E-state index contributed by atoms with van der Waals surface area (Å²) in [6.45, 7) is -4.29. The van der Waals surface area contributed by atoms with Gasteiger partial charge in [-0.05, 0) is 0 Å². The average molecular weight is 178 g/mol. The third-order valence-corrected chi connectivity index (χ3v) is 0.983. The van der Waals surface area contributed by atoms with Crippen LogP contribution in [-0.4, -0.2) is 19.0 Å². The van der Waals surface area contributed by atoms with Gasteiger partial charge >= 0.3 is 6.08 Å². The molecule has 0 aromatic rings. The highest BCUT2D eigenvalue weighted by Gasteiger charge is 2.39. The summed E-state index contributed by atoms with van der Waals surface area (Å²) in [7, 11) is 0. The highest BCUT2D eigenvalue weighted by Crippen LogP contribution is 2.28. The molecule has 66 valence electrons. The molecule has 0 spiro atoms. The number of hydrogen-bond acceptors (Lipinski definition) is 0. The number of allylic oxidation sites excluding steroid dienone is 1. The summed E-state index contributed by atoms with van der Waals surface area (Å²) in [6.07, 6.45) is -3.04. The van der Waals surface area contributed by atoms with Gasteiger partial charge in [0.25, 0.3) is 0 Å². The van der Waals surface area contributed by atoms with Crippen molar-refractivity contribution < 1.29 is 26.3 Å². The second kappa shape index (κ2) is 3.64. The molecule has 0 nitrogen and oxygen atoms in total. The van der Waals surface area contributed by atoms with Crippen molar-refractivity contribution in [2.45, 2.75) is 5.67 Å². The van der Waals surface area contributed by atoms with Gasteiger partial charge in [-0.2, -0.15) is 8.78 Å². The molecule has 0 aromatic carbocycles. The normalized spacial score (nSPS) is 11.5. The van der Waals surface area contributed by atoms with Gasteiger partial charge in [-0.15, -0.1) is 0 Å². The maximum Gasteiger partial charge on any atom is 0.305 e. The lowest BCUT2D eigenvalue weighted by Gasteiger charge is -2.13. The van der Waals surface area contributed by atoms with E-state index in [0.29, 0.717) is 0 Å². The minimum Gasteiger partial charge on any atom is -0.247 e. The van der Waals surface area contributed by atoms with E-state index in [-0.39, 0.29) is 0 Å². The van der Waals surface area contributed by atoms with Gasteiger partial charge in [-0.1, -0.05) is 0 Å². The predicted molar refractivity (Wildman–Crippen MR) is 26.1 cm³/mol. The first-order chi connectivity index (χ1) is 4.98. The van der Waals surface area contributed by atoms with Gasteiger partial charge in [0, 0.05) is 0 Å². The first-order valence-electron chi connectivity index (χ1n) is 2.50. The summed E-state index contributed by atoms with van der Waals surface area (Å²) in [5.74, 6) is -2.68. The van der Waals surface area contributed by atoms with E-state index in [1.807, 2.05) is 0 Å². The molecule has 0 bridgehead atoms. The van der Waals surface area contributed by atoms with Crippen molar-refractivity contribution >= 4 is 0 Å². The van der Waals surface area contributed by atoms with Crippen molar-refractivity contribution in [2.24, 2.45) is 0 Å². The van der Waals surface area contributed by atoms with Crippen molar-refractivity contribution in [1.29, 1.82) is 0 Å². The fraction of sp³-hybridized carbons (Fsp3) is 0.600. The molecule has 0 fully saturated rings. The van der Waals surface area contributed by atoms with Gasteiger partial charge in [-0.25, -0.2) is 17.6 Å². The molecule has 11 heavy (non-hydrogen) atoms. The minimum atomic E-state index is -3.81. The summed E-state index contributed by atoms with van der Waals surface area (Å²) in [4.78, 5) is 0. The summed E-state index contributed by atoms with van der Waals surface area (Å²) >= 11 is 0. The lowest BCUT2D eigenvalue weighted by molar-refractivity contribution is 0.0889. The number of alkyl halides is 3.